The highest BCUT2D eigenvalue weighted by atomic mass is 32.2. The van der Waals surface area contributed by atoms with Crippen LogP contribution in [-0.4, -0.2) is 25.3 Å². The highest BCUT2D eigenvalue weighted by Crippen LogP contribution is 2.32. The maximum absolute atomic E-state index is 13.5. The first kappa shape index (κ1) is 13.0. The molecule has 1 saturated carbocycles. The Balaban J connectivity index is 2.54. The number of hydrogen-bond donors (Lipinski definition) is 0. The van der Waals surface area contributed by atoms with Crippen molar-refractivity contribution in [3.8, 4) is 6.07 Å². The third-order valence-corrected chi connectivity index (χ3v) is 5.01. The number of nitriles is 1. The number of sulfonamides is 1. The molecule has 0 aliphatic heterocycles. The van der Waals surface area contributed by atoms with Crippen LogP contribution in [0.15, 0.2) is 23.1 Å². The van der Waals surface area contributed by atoms with Crippen LogP contribution in [0, 0.1) is 17.1 Å². The van der Waals surface area contributed by atoms with E-state index in [2.05, 4.69) is 0 Å². The van der Waals surface area contributed by atoms with Crippen LogP contribution in [0.2, 0.25) is 0 Å². The van der Waals surface area contributed by atoms with E-state index in [0.29, 0.717) is 6.54 Å². The maximum Gasteiger partial charge on any atom is 0.244 e. The SMILES string of the molecule is CCN(C1CC1)S(=O)(=O)c1cccc(F)c1C#N. The lowest BCUT2D eigenvalue weighted by Gasteiger charge is -2.20. The van der Waals surface area contributed by atoms with E-state index in [-0.39, 0.29) is 10.9 Å². The predicted octanol–water partition coefficient (Wildman–Crippen LogP) is 1.87. The van der Waals surface area contributed by atoms with Gasteiger partial charge in [-0.15, -0.1) is 0 Å². The van der Waals surface area contributed by atoms with E-state index in [1.165, 1.54) is 16.4 Å². The summed E-state index contributed by atoms with van der Waals surface area (Å²) in [5, 5.41) is 8.90. The van der Waals surface area contributed by atoms with Crippen LogP contribution in [0.4, 0.5) is 4.39 Å². The molecular weight excluding hydrogens is 255 g/mol. The fraction of sp³-hybridized carbons (Fsp3) is 0.417. The van der Waals surface area contributed by atoms with Crippen molar-refractivity contribution >= 4 is 10.0 Å². The van der Waals surface area contributed by atoms with E-state index in [1.54, 1.807) is 13.0 Å². The van der Waals surface area contributed by atoms with Crippen molar-refractivity contribution in [2.45, 2.75) is 30.7 Å². The van der Waals surface area contributed by atoms with Crippen molar-refractivity contribution < 1.29 is 12.8 Å². The van der Waals surface area contributed by atoms with Gasteiger partial charge >= 0.3 is 0 Å². The van der Waals surface area contributed by atoms with Gasteiger partial charge in [-0.05, 0) is 25.0 Å². The van der Waals surface area contributed by atoms with Crippen LogP contribution in [-0.2, 0) is 10.0 Å². The molecular formula is C12H13FN2O2S. The Labute approximate surface area is 106 Å². The molecule has 96 valence electrons. The Morgan fingerprint density at radius 2 is 2.17 bits per heavy atom. The summed E-state index contributed by atoms with van der Waals surface area (Å²) < 4.78 is 39.6. The number of nitrogens with zero attached hydrogens (tertiary/aromatic N) is 2. The van der Waals surface area contributed by atoms with Gasteiger partial charge in [0.1, 0.15) is 22.3 Å². The maximum atomic E-state index is 13.5. The molecule has 0 unspecified atom stereocenters. The van der Waals surface area contributed by atoms with Crippen molar-refractivity contribution in [3.63, 3.8) is 0 Å². The summed E-state index contributed by atoms with van der Waals surface area (Å²) in [5.74, 6) is -0.801. The van der Waals surface area contributed by atoms with E-state index < -0.39 is 21.4 Å². The van der Waals surface area contributed by atoms with Gasteiger partial charge in [0.25, 0.3) is 0 Å². The molecule has 0 atom stereocenters. The molecule has 1 aliphatic carbocycles. The van der Waals surface area contributed by atoms with Crippen LogP contribution >= 0.6 is 0 Å². The van der Waals surface area contributed by atoms with Gasteiger partial charge < -0.3 is 0 Å². The number of halogens is 1. The summed E-state index contributed by atoms with van der Waals surface area (Å²) >= 11 is 0. The van der Waals surface area contributed by atoms with Crippen molar-refractivity contribution in [1.29, 1.82) is 5.26 Å². The monoisotopic (exact) mass is 268 g/mol. The van der Waals surface area contributed by atoms with E-state index in [0.717, 1.165) is 18.9 Å². The van der Waals surface area contributed by atoms with Crippen LogP contribution in [0.5, 0.6) is 0 Å². The smallest absolute Gasteiger partial charge is 0.207 e. The van der Waals surface area contributed by atoms with Crippen LogP contribution < -0.4 is 0 Å². The summed E-state index contributed by atoms with van der Waals surface area (Å²) in [4.78, 5) is -0.237. The number of rotatable bonds is 4. The molecule has 1 aliphatic rings. The van der Waals surface area contributed by atoms with Gasteiger partial charge in [-0.1, -0.05) is 13.0 Å². The molecule has 4 nitrogen and oxygen atoms in total. The zero-order valence-corrected chi connectivity index (χ0v) is 10.7. The molecule has 0 bridgehead atoms. The van der Waals surface area contributed by atoms with Crippen molar-refractivity contribution in [1.82, 2.24) is 4.31 Å². The molecule has 0 radical (unpaired) electrons. The topological polar surface area (TPSA) is 61.2 Å². The number of benzene rings is 1. The molecule has 0 amide bonds. The average molecular weight is 268 g/mol. The Hall–Kier alpha value is -1.45. The summed E-state index contributed by atoms with van der Waals surface area (Å²) in [6, 6.07) is 5.30. The third kappa shape index (κ3) is 2.11. The van der Waals surface area contributed by atoms with E-state index in [4.69, 9.17) is 5.26 Å². The molecule has 0 N–H and O–H groups in total. The van der Waals surface area contributed by atoms with Crippen molar-refractivity contribution in [2.24, 2.45) is 0 Å². The molecule has 18 heavy (non-hydrogen) atoms. The van der Waals surface area contributed by atoms with Crippen LogP contribution in [0.3, 0.4) is 0 Å². The first-order valence-electron chi connectivity index (χ1n) is 5.72. The van der Waals surface area contributed by atoms with E-state index in [9.17, 15) is 12.8 Å². The lowest BCUT2D eigenvalue weighted by Crippen LogP contribution is -2.33. The molecule has 0 spiro atoms. The van der Waals surface area contributed by atoms with Gasteiger partial charge in [0.15, 0.2) is 0 Å². The minimum atomic E-state index is -3.78. The minimum absolute atomic E-state index is 0.00481. The van der Waals surface area contributed by atoms with E-state index in [1.807, 2.05) is 0 Å². The summed E-state index contributed by atoms with van der Waals surface area (Å²) in [5.41, 5.74) is -0.406. The lowest BCUT2D eigenvalue weighted by atomic mass is 10.2. The van der Waals surface area contributed by atoms with E-state index >= 15 is 0 Å². The lowest BCUT2D eigenvalue weighted by molar-refractivity contribution is 0.420. The molecule has 1 aromatic carbocycles. The minimum Gasteiger partial charge on any atom is -0.207 e. The summed E-state index contributed by atoms with van der Waals surface area (Å²) in [6.07, 6.45) is 1.65. The highest BCUT2D eigenvalue weighted by molar-refractivity contribution is 7.89. The summed E-state index contributed by atoms with van der Waals surface area (Å²) in [7, 11) is -3.78. The first-order chi connectivity index (χ1) is 8.52. The Kier molecular flexibility index (Phi) is 3.37. The predicted molar refractivity (Wildman–Crippen MR) is 63.7 cm³/mol. The Bertz CT molecular complexity index is 603. The largest absolute Gasteiger partial charge is 0.244 e. The Morgan fingerprint density at radius 1 is 1.50 bits per heavy atom. The molecule has 1 aromatic rings. The summed E-state index contributed by atoms with van der Waals surface area (Å²) in [6.45, 7) is 2.07. The standard InChI is InChI=1S/C12H13FN2O2S/c1-2-15(9-6-7-9)18(16,17)12-5-3-4-11(13)10(12)8-14/h3-5,9H,2,6-7H2,1H3. The fourth-order valence-electron chi connectivity index (χ4n) is 1.94. The highest BCUT2D eigenvalue weighted by Gasteiger charge is 2.38. The van der Waals surface area contributed by atoms with Gasteiger partial charge in [-0.2, -0.15) is 9.57 Å². The van der Waals surface area contributed by atoms with Gasteiger partial charge in [0.2, 0.25) is 10.0 Å². The number of hydrogen-bond acceptors (Lipinski definition) is 3. The van der Waals surface area contributed by atoms with Gasteiger partial charge in [-0.25, -0.2) is 12.8 Å². The van der Waals surface area contributed by atoms with Gasteiger partial charge in [0, 0.05) is 12.6 Å². The molecule has 0 saturated heterocycles. The second kappa shape index (κ2) is 4.67. The second-order valence-electron chi connectivity index (χ2n) is 4.16. The Morgan fingerprint density at radius 3 is 2.67 bits per heavy atom. The van der Waals surface area contributed by atoms with Crippen molar-refractivity contribution in [3.05, 3.63) is 29.6 Å². The molecule has 0 heterocycles. The normalized spacial score (nSPS) is 15.7. The van der Waals surface area contributed by atoms with Gasteiger partial charge in [0.05, 0.1) is 0 Å². The first-order valence-corrected chi connectivity index (χ1v) is 7.16. The third-order valence-electron chi connectivity index (χ3n) is 2.94. The zero-order valence-electron chi connectivity index (χ0n) is 9.93. The van der Waals surface area contributed by atoms with Crippen LogP contribution in [0.1, 0.15) is 25.3 Å². The molecule has 2 rings (SSSR count). The molecule has 0 aromatic heterocycles. The van der Waals surface area contributed by atoms with Crippen molar-refractivity contribution in [2.75, 3.05) is 6.54 Å². The molecule has 6 heteroatoms. The quantitative estimate of drug-likeness (QED) is 0.837. The van der Waals surface area contributed by atoms with Crippen LogP contribution in [0.25, 0.3) is 0 Å². The van der Waals surface area contributed by atoms with Gasteiger partial charge in [-0.3, -0.25) is 0 Å². The second-order valence-corrected chi connectivity index (χ2v) is 6.02. The zero-order chi connectivity index (χ0) is 13.3. The fourth-order valence-corrected chi connectivity index (χ4v) is 3.79. The molecule has 1 fully saturated rings. The average Bonchev–Trinajstić information content (AvgIpc) is 3.13.